The Morgan fingerprint density at radius 3 is 1.27 bits per heavy atom. The van der Waals surface area contributed by atoms with Gasteiger partial charge in [-0.25, -0.2) is 16.8 Å². The predicted molar refractivity (Wildman–Crippen MR) is 42.5 cm³/mol. The molecule has 0 amide bonds. The molecule has 63 valence electrons. The fourth-order valence-corrected chi connectivity index (χ4v) is 2.39. The lowest BCUT2D eigenvalue weighted by molar-refractivity contribution is 0.603. The SMILES string of the molecule is C=CS(=O)(=O)[CH]S(=O)(=O)C=C. The third-order valence-electron chi connectivity index (χ3n) is 0.733. The molecule has 0 rings (SSSR count). The largest absolute Gasteiger partial charge is 0.223 e. The fourth-order valence-electron chi connectivity index (χ4n) is 0.266. The van der Waals surface area contributed by atoms with Gasteiger partial charge in [0.05, 0.1) is 0 Å². The lowest BCUT2D eigenvalue weighted by Gasteiger charge is -1.93. The van der Waals surface area contributed by atoms with Gasteiger partial charge in [-0.2, -0.15) is 0 Å². The minimum Gasteiger partial charge on any atom is -0.223 e. The van der Waals surface area contributed by atoms with Crippen molar-refractivity contribution in [2.45, 2.75) is 0 Å². The summed E-state index contributed by atoms with van der Waals surface area (Å²) in [5, 5.41) is 1.29. The van der Waals surface area contributed by atoms with E-state index in [-0.39, 0.29) is 5.08 Å². The summed E-state index contributed by atoms with van der Waals surface area (Å²) in [5.74, 6) is 0. The van der Waals surface area contributed by atoms with Crippen LogP contribution in [0.25, 0.3) is 0 Å². The lowest BCUT2D eigenvalue weighted by Crippen LogP contribution is -2.04. The highest BCUT2D eigenvalue weighted by Gasteiger charge is 2.16. The third kappa shape index (κ3) is 3.94. The van der Waals surface area contributed by atoms with Gasteiger partial charge >= 0.3 is 0 Å². The molecule has 0 aromatic rings. The summed E-state index contributed by atoms with van der Waals surface area (Å²) >= 11 is 0. The summed E-state index contributed by atoms with van der Waals surface area (Å²) in [4.78, 5) is 0. The van der Waals surface area contributed by atoms with Crippen LogP contribution in [0.2, 0.25) is 0 Å². The van der Waals surface area contributed by atoms with Gasteiger partial charge in [-0.05, 0) is 0 Å². The van der Waals surface area contributed by atoms with Gasteiger partial charge in [-0.15, -0.1) is 0 Å². The third-order valence-corrected chi connectivity index (χ3v) is 3.81. The van der Waals surface area contributed by atoms with Crippen molar-refractivity contribution >= 4 is 19.7 Å². The van der Waals surface area contributed by atoms with Crippen LogP contribution in [0.5, 0.6) is 0 Å². The van der Waals surface area contributed by atoms with E-state index >= 15 is 0 Å². The van der Waals surface area contributed by atoms with E-state index in [1.807, 2.05) is 0 Å². The molecule has 0 fully saturated rings. The number of hydrogen-bond acceptors (Lipinski definition) is 4. The highest BCUT2D eigenvalue weighted by molar-refractivity contribution is 8.13. The Morgan fingerprint density at radius 2 is 1.09 bits per heavy atom. The van der Waals surface area contributed by atoms with E-state index in [9.17, 15) is 16.8 Å². The van der Waals surface area contributed by atoms with Gasteiger partial charge in [0.2, 0.25) is 5.08 Å². The van der Waals surface area contributed by atoms with Crippen molar-refractivity contribution in [3.05, 3.63) is 29.1 Å². The Hall–Kier alpha value is -0.620. The monoisotopic (exact) mass is 195 g/mol. The summed E-state index contributed by atoms with van der Waals surface area (Å²) in [6.45, 7) is 5.87. The van der Waals surface area contributed by atoms with Crippen LogP contribution in [0.1, 0.15) is 0 Å². The smallest absolute Gasteiger partial charge is 0.202 e. The van der Waals surface area contributed by atoms with Crippen molar-refractivity contribution in [1.82, 2.24) is 0 Å². The van der Waals surface area contributed by atoms with Gasteiger partial charge in [0.1, 0.15) is 0 Å². The Morgan fingerprint density at radius 1 is 0.818 bits per heavy atom. The van der Waals surface area contributed by atoms with Crippen molar-refractivity contribution < 1.29 is 16.8 Å². The van der Waals surface area contributed by atoms with Crippen LogP contribution in [0.15, 0.2) is 24.0 Å². The second-order valence-corrected chi connectivity index (χ2v) is 5.40. The second-order valence-electron chi connectivity index (χ2n) is 1.61. The van der Waals surface area contributed by atoms with Crippen LogP contribution in [0.3, 0.4) is 0 Å². The molecule has 0 aliphatic rings. The highest BCUT2D eigenvalue weighted by atomic mass is 32.3. The summed E-state index contributed by atoms with van der Waals surface area (Å²) in [7, 11) is -7.62. The Labute approximate surface area is 66.1 Å². The molecular weight excluding hydrogens is 188 g/mol. The van der Waals surface area contributed by atoms with Crippen LogP contribution < -0.4 is 0 Å². The quantitative estimate of drug-likeness (QED) is 0.643. The molecule has 4 nitrogen and oxygen atoms in total. The van der Waals surface area contributed by atoms with Crippen molar-refractivity contribution in [3.63, 3.8) is 0 Å². The van der Waals surface area contributed by atoms with E-state index in [4.69, 9.17) is 0 Å². The molecule has 0 aliphatic carbocycles. The molecule has 0 N–H and O–H groups in total. The minimum absolute atomic E-state index is 0.194. The maximum Gasteiger partial charge on any atom is 0.202 e. The minimum atomic E-state index is -3.81. The normalized spacial score (nSPS) is 12.4. The standard InChI is InChI=1S/C5H7O4S2/c1-3-10(6,7)5-11(8,9)4-2/h3-5H,1-2H2. The molecule has 1 radical (unpaired) electrons. The predicted octanol–water partition coefficient (Wildman–Crippen LogP) is 0.222. The van der Waals surface area contributed by atoms with Gasteiger partial charge in [-0.1, -0.05) is 13.2 Å². The molecule has 0 heterocycles. The molecular formula is C5H7O4S2. The highest BCUT2D eigenvalue weighted by Crippen LogP contribution is 2.05. The fraction of sp³-hybridized carbons (Fsp3) is 0. The molecule has 0 aromatic heterocycles. The summed E-state index contributed by atoms with van der Waals surface area (Å²) in [6, 6.07) is 0. The summed E-state index contributed by atoms with van der Waals surface area (Å²) < 4.78 is 42.3. The maximum absolute atomic E-state index is 10.6. The lowest BCUT2D eigenvalue weighted by atomic mass is 11.3. The van der Waals surface area contributed by atoms with Gasteiger partial charge in [0.25, 0.3) is 0 Å². The molecule has 0 aliphatic heterocycles. The average molecular weight is 195 g/mol. The number of hydrogen-bond donors (Lipinski definition) is 0. The van der Waals surface area contributed by atoms with Gasteiger partial charge < -0.3 is 0 Å². The molecule has 6 heteroatoms. The van der Waals surface area contributed by atoms with E-state index in [2.05, 4.69) is 13.2 Å². The molecule has 0 bridgehead atoms. The molecule has 0 saturated heterocycles. The van der Waals surface area contributed by atoms with Gasteiger partial charge in [0.15, 0.2) is 19.7 Å². The molecule has 0 unspecified atom stereocenters. The Bertz CT molecular complexity index is 310. The Kier molecular flexibility index (Phi) is 3.01. The molecule has 0 saturated carbocycles. The van der Waals surface area contributed by atoms with Crippen LogP contribution in [-0.2, 0) is 19.7 Å². The van der Waals surface area contributed by atoms with E-state index in [1.54, 1.807) is 0 Å². The zero-order chi connectivity index (χ0) is 9.12. The van der Waals surface area contributed by atoms with Crippen LogP contribution >= 0.6 is 0 Å². The number of rotatable bonds is 4. The zero-order valence-corrected chi connectivity index (χ0v) is 7.23. The van der Waals surface area contributed by atoms with E-state index < -0.39 is 19.7 Å². The average Bonchev–Trinajstić information content (AvgIpc) is 1.86. The van der Waals surface area contributed by atoms with E-state index in [0.29, 0.717) is 10.8 Å². The Balaban J connectivity index is 4.81. The van der Waals surface area contributed by atoms with Crippen LogP contribution in [-0.4, -0.2) is 16.8 Å². The first-order valence-electron chi connectivity index (χ1n) is 2.43. The molecule has 0 spiro atoms. The summed E-state index contributed by atoms with van der Waals surface area (Å²) in [6.07, 6.45) is 0. The first-order chi connectivity index (χ1) is 4.83. The first kappa shape index (κ1) is 10.4. The van der Waals surface area contributed by atoms with Crippen molar-refractivity contribution in [3.8, 4) is 0 Å². The molecule has 0 aromatic carbocycles. The maximum atomic E-state index is 10.6. The summed E-state index contributed by atoms with van der Waals surface area (Å²) in [5.41, 5.74) is 0. The first-order valence-corrected chi connectivity index (χ1v) is 5.64. The number of sulfone groups is 2. The van der Waals surface area contributed by atoms with Crippen molar-refractivity contribution in [2.75, 3.05) is 0 Å². The zero-order valence-electron chi connectivity index (χ0n) is 5.60. The van der Waals surface area contributed by atoms with Crippen LogP contribution in [0, 0.1) is 5.08 Å². The molecule has 11 heavy (non-hydrogen) atoms. The van der Waals surface area contributed by atoms with E-state index in [0.717, 1.165) is 0 Å². The van der Waals surface area contributed by atoms with Crippen molar-refractivity contribution in [1.29, 1.82) is 0 Å². The topological polar surface area (TPSA) is 68.3 Å². The van der Waals surface area contributed by atoms with Crippen LogP contribution in [0.4, 0.5) is 0 Å². The van der Waals surface area contributed by atoms with Gasteiger partial charge in [-0.3, -0.25) is 0 Å². The second kappa shape index (κ2) is 3.19. The van der Waals surface area contributed by atoms with E-state index in [1.165, 1.54) is 0 Å². The van der Waals surface area contributed by atoms with Crippen molar-refractivity contribution in [2.24, 2.45) is 0 Å². The van der Waals surface area contributed by atoms with Gasteiger partial charge in [0, 0.05) is 10.8 Å². The molecule has 0 atom stereocenters.